The van der Waals surface area contributed by atoms with Crippen molar-refractivity contribution in [3.05, 3.63) is 122 Å². The van der Waals surface area contributed by atoms with E-state index in [2.05, 4.69) is 15.0 Å². The van der Waals surface area contributed by atoms with Gasteiger partial charge >= 0.3 is 0 Å². The highest BCUT2D eigenvalue weighted by Gasteiger charge is 2.23. The summed E-state index contributed by atoms with van der Waals surface area (Å²) in [6.07, 6.45) is 2.58. The molecule has 47 heavy (non-hydrogen) atoms. The van der Waals surface area contributed by atoms with Crippen LogP contribution in [0.15, 0.2) is 72.9 Å². The van der Waals surface area contributed by atoms with Gasteiger partial charge in [-0.2, -0.15) is 0 Å². The summed E-state index contributed by atoms with van der Waals surface area (Å²) >= 11 is 12.4. The highest BCUT2D eigenvalue weighted by Crippen LogP contribution is 2.28. The molecule has 0 radical (unpaired) electrons. The van der Waals surface area contributed by atoms with Crippen LogP contribution in [0.1, 0.15) is 49.7 Å². The molecule has 2 amide bonds. The second-order valence-corrected chi connectivity index (χ2v) is 13.8. The number of amides is 2. The number of nitrogens with zero attached hydrogens (tertiary/aromatic N) is 1. The first kappa shape index (κ1) is 34.0. The fourth-order valence-electron chi connectivity index (χ4n) is 5.31. The predicted octanol–water partition coefficient (Wildman–Crippen LogP) is 6.58. The molecule has 5 aromatic rings. The smallest absolute Gasteiger partial charge is 0.281 e. The van der Waals surface area contributed by atoms with Gasteiger partial charge in [-0.05, 0) is 85.8 Å². The minimum Gasteiger partial charge on any atom is -0.494 e. The van der Waals surface area contributed by atoms with E-state index >= 15 is 0 Å². The number of carbonyl (C=O) groups is 2. The lowest BCUT2D eigenvalue weighted by Gasteiger charge is -2.12. The molecule has 3 aromatic carbocycles. The molecule has 0 aliphatic rings. The number of H-pyrrole nitrogens is 1. The topological polar surface area (TPSA) is 122 Å². The average Bonchev–Trinajstić information content (AvgIpc) is 3.63. The number of aryl methyl sites for hydroxylation is 3. The maximum absolute atomic E-state index is 14.1. The predicted molar refractivity (Wildman–Crippen MR) is 182 cm³/mol. The quantitative estimate of drug-likeness (QED) is 0.120. The van der Waals surface area contributed by atoms with Crippen molar-refractivity contribution in [1.82, 2.24) is 19.6 Å². The van der Waals surface area contributed by atoms with Gasteiger partial charge in [-0.15, -0.1) is 0 Å². The Balaban J connectivity index is 1.21. The number of halogens is 3. The molecule has 0 aliphatic heterocycles. The van der Waals surface area contributed by atoms with Gasteiger partial charge in [0.1, 0.15) is 23.0 Å². The first-order valence-electron chi connectivity index (χ1n) is 14.8. The zero-order chi connectivity index (χ0) is 33.7. The second kappa shape index (κ2) is 14.6. The van der Waals surface area contributed by atoms with Gasteiger partial charge in [0, 0.05) is 39.3 Å². The average molecular weight is 700 g/mol. The van der Waals surface area contributed by atoms with Crippen molar-refractivity contribution in [2.75, 3.05) is 18.9 Å². The molecule has 9 nitrogen and oxygen atoms in total. The summed E-state index contributed by atoms with van der Waals surface area (Å²) in [6, 6.07) is 18.3. The van der Waals surface area contributed by atoms with E-state index in [-0.39, 0.29) is 24.5 Å². The van der Waals surface area contributed by atoms with Gasteiger partial charge in [0.15, 0.2) is 0 Å². The zero-order valence-corrected chi connectivity index (χ0v) is 28.0. The molecule has 0 saturated heterocycles. The van der Waals surface area contributed by atoms with E-state index in [0.717, 1.165) is 16.5 Å². The van der Waals surface area contributed by atoms with E-state index in [0.29, 0.717) is 51.9 Å². The number of hydrogen-bond donors (Lipinski definition) is 3. The Labute approximate surface area is 282 Å². The summed E-state index contributed by atoms with van der Waals surface area (Å²) in [6.45, 7) is 4.02. The number of aromatic amines is 1. The third-order valence-corrected chi connectivity index (χ3v) is 9.68. The van der Waals surface area contributed by atoms with Crippen LogP contribution in [-0.4, -0.2) is 48.7 Å². The molecular weight excluding hydrogens is 666 g/mol. The summed E-state index contributed by atoms with van der Waals surface area (Å²) in [5.74, 6) is -1.62. The largest absolute Gasteiger partial charge is 0.494 e. The van der Waals surface area contributed by atoms with E-state index < -0.39 is 33.4 Å². The van der Waals surface area contributed by atoms with E-state index in [1.807, 2.05) is 26.0 Å². The Morgan fingerprint density at radius 2 is 1.72 bits per heavy atom. The molecule has 0 aliphatic carbocycles. The van der Waals surface area contributed by atoms with Crippen molar-refractivity contribution >= 4 is 55.9 Å². The Morgan fingerprint density at radius 1 is 0.979 bits per heavy atom. The van der Waals surface area contributed by atoms with Crippen molar-refractivity contribution in [3.63, 3.8) is 0 Å². The molecular formula is C34H33Cl2FN4O5S. The maximum atomic E-state index is 14.1. The van der Waals surface area contributed by atoms with E-state index in [4.69, 9.17) is 27.9 Å². The lowest BCUT2D eigenvalue weighted by atomic mass is 10.1. The number of carbonyl (C=O) groups excluding carboxylic acids is 2. The minimum atomic E-state index is -4.15. The molecule has 2 heterocycles. The fourth-order valence-corrected chi connectivity index (χ4v) is 6.45. The van der Waals surface area contributed by atoms with Crippen LogP contribution in [0.25, 0.3) is 10.9 Å². The Hall–Kier alpha value is -4.32. The van der Waals surface area contributed by atoms with Crippen LogP contribution in [0.2, 0.25) is 10.0 Å². The van der Waals surface area contributed by atoms with Gasteiger partial charge in [-0.1, -0.05) is 47.5 Å². The van der Waals surface area contributed by atoms with Crippen LogP contribution in [0.5, 0.6) is 5.75 Å². The third-order valence-electron chi connectivity index (χ3n) is 7.61. The number of ether oxygens (including phenoxy) is 1. The molecule has 246 valence electrons. The molecule has 0 bridgehead atoms. The Kier molecular flexibility index (Phi) is 10.6. The van der Waals surface area contributed by atoms with Crippen LogP contribution in [0, 0.1) is 19.7 Å². The number of benzene rings is 3. The van der Waals surface area contributed by atoms with Crippen molar-refractivity contribution in [3.8, 4) is 5.75 Å². The first-order chi connectivity index (χ1) is 22.4. The number of hydrogen-bond acceptors (Lipinski definition) is 5. The number of aromatic nitrogens is 2. The fraction of sp³-hybridized carbons (Fsp3) is 0.235. The number of rotatable bonds is 13. The Morgan fingerprint density at radius 3 is 2.47 bits per heavy atom. The zero-order valence-electron chi connectivity index (χ0n) is 25.7. The van der Waals surface area contributed by atoms with Gasteiger partial charge in [-0.25, -0.2) is 17.5 Å². The monoisotopic (exact) mass is 698 g/mol. The molecule has 2 aromatic heterocycles. The van der Waals surface area contributed by atoms with E-state index in [1.54, 1.807) is 59.3 Å². The van der Waals surface area contributed by atoms with Crippen molar-refractivity contribution in [2.24, 2.45) is 0 Å². The van der Waals surface area contributed by atoms with Crippen molar-refractivity contribution in [1.29, 1.82) is 0 Å². The molecule has 0 fully saturated rings. The maximum Gasteiger partial charge on any atom is 0.281 e. The third kappa shape index (κ3) is 8.34. The standard InChI is InChI=1S/C34H33Cl2FN4O5S/c1-21-17-25(18-22(2)31(21)36)46-15-6-8-27-26-12-11-24(35)19-29(26)39-32(27)34(43)40-47(44,45)16-13-38-33(42)30-10-5-14-41(30)20-23-7-3-4-9-28(23)37/h3-5,7,9-12,14,17-19,39H,6,8,13,15-16,20H2,1-2H3,(H,38,42)(H,40,43). The number of fused-ring (bicyclic) bond motifs is 1. The van der Waals surface area contributed by atoms with Gasteiger partial charge in [0.2, 0.25) is 10.0 Å². The van der Waals surface area contributed by atoms with E-state index in [1.165, 1.54) is 6.07 Å². The molecule has 0 unspecified atom stereocenters. The van der Waals surface area contributed by atoms with Crippen LogP contribution < -0.4 is 14.8 Å². The SMILES string of the molecule is Cc1cc(OCCCc2c(C(=O)NS(=O)(=O)CCNC(=O)c3cccn3Cc3ccccc3F)[nH]c3cc(Cl)ccc23)cc(C)c1Cl. The molecule has 3 N–H and O–H groups in total. The molecule has 0 atom stereocenters. The van der Waals surface area contributed by atoms with Crippen LogP contribution in [-0.2, 0) is 23.0 Å². The van der Waals surface area contributed by atoms with Gasteiger partial charge in [0.05, 0.1) is 18.9 Å². The van der Waals surface area contributed by atoms with Crippen molar-refractivity contribution in [2.45, 2.75) is 33.2 Å². The van der Waals surface area contributed by atoms with Crippen LogP contribution in [0.3, 0.4) is 0 Å². The summed E-state index contributed by atoms with van der Waals surface area (Å²) < 4.78 is 49.5. The lowest BCUT2D eigenvalue weighted by molar-refractivity contribution is 0.0946. The Bertz CT molecular complexity index is 2040. The molecule has 0 spiro atoms. The highest BCUT2D eigenvalue weighted by molar-refractivity contribution is 7.90. The summed E-state index contributed by atoms with van der Waals surface area (Å²) in [5, 5.41) is 4.45. The molecule has 5 rings (SSSR count). The summed E-state index contributed by atoms with van der Waals surface area (Å²) in [7, 11) is -4.15. The second-order valence-electron chi connectivity index (χ2n) is 11.1. The highest BCUT2D eigenvalue weighted by atomic mass is 35.5. The molecule has 13 heteroatoms. The van der Waals surface area contributed by atoms with Crippen LogP contribution >= 0.6 is 23.2 Å². The summed E-state index contributed by atoms with van der Waals surface area (Å²) in [5.41, 5.74) is 3.76. The first-order valence-corrected chi connectivity index (χ1v) is 17.2. The molecule has 0 saturated carbocycles. The normalized spacial score (nSPS) is 11.5. The van der Waals surface area contributed by atoms with E-state index in [9.17, 15) is 22.4 Å². The summed E-state index contributed by atoms with van der Waals surface area (Å²) in [4.78, 5) is 29.1. The van der Waals surface area contributed by atoms with Gasteiger partial charge in [0.25, 0.3) is 11.8 Å². The minimum absolute atomic E-state index is 0.0963. The lowest BCUT2D eigenvalue weighted by Crippen LogP contribution is -2.38. The van der Waals surface area contributed by atoms with Gasteiger partial charge in [-0.3, -0.25) is 9.59 Å². The van der Waals surface area contributed by atoms with Gasteiger partial charge < -0.3 is 19.6 Å². The number of nitrogens with one attached hydrogen (secondary N) is 3. The van der Waals surface area contributed by atoms with Crippen LogP contribution in [0.4, 0.5) is 4.39 Å². The van der Waals surface area contributed by atoms with Crippen molar-refractivity contribution < 1.29 is 27.1 Å². The number of sulfonamides is 1.